The first-order valence-corrected chi connectivity index (χ1v) is 9.48. The molecule has 0 spiro atoms. The van der Waals surface area contributed by atoms with Crippen LogP contribution in [0.4, 0.5) is 0 Å². The first-order chi connectivity index (χ1) is 12.5. The highest BCUT2D eigenvalue weighted by Gasteiger charge is 2.27. The van der Waals surface area contributed by atoms with E-state index in [9.17, 15) is 4.79 Å². The van der Waals surface area contributed by atoms with Gasteiger partial charge in [-0.1, -0.05) is 32.9 Å². The van der Waals surface area contributed by atoms with E-state index in [1.807, 2.05) is 29.8 Å². The lowest BCUT2D eigenvalue weighted by molar-refractivity contribution is -0.128. The van der Waals surface area contributed by atoms with Crippen LogP contribution >= 0.6 is 0 Å². The summed E-state index contributed by atoms with van der Waals surface area (Å²) in [4.78, 5) is 17.2. The second-order valence-electron chi connectivity index (χ2n) is 7.15. The maximum absolute atomic E-state index is 12.6. The molecule has 3 rings (SSSR count). The predicted molar refractivity (Wildman–Crippen MR) is 100 cm³/mol. The number of hydrogen-bond donors (Lipinski definition) is 1. The van der Waals surface area contributed by atoms with Gasteiger partial charge in [0, 0.05) is 13.0 Å². The average molecular weight is 356 g/mol. The summed E-state index contributed by atoms with van der Waals surface area (Å²) in [7, 11) is 0. The lowest BCUT2D eigenvalue weighted by Crippen LogP contribution is -2.40. The average Bonchev–Trinajstić information content (AvgIpc) is 3.06. The monoisotopic (exact) mass is 356 g/mol. The highest BCUT2D eigenvalue weighted by atomic mass is 16.5. The van der Waals surface area contributed by atoms with E-state index < -0.39 is 6.10 Å². The van der Waals surface area contributed by atoms with E-state index in [-0.39, 0.29) is 11.9 Å². The largest absolute Gasteiger partial charge is 0.481 e. The van der Waals surface area contributed by atoms with Crippen molar-refractivity contribution in [2.45, 2.75) is 71.6 Å². The minimum atomic E-state index is -0.568. The maximum atomic E-state index is 12.6. The number of aryl methyl sites for hydroxylation is 2. The molecule has 2 heterocycles. The van der Waals surface area contributed by atoms with Crippen LogP contribution in [0, 0.1) is 0 Å². The molecule has 26 heavy (non-hydrogen) atoms. The zero-order valence-corrected chi connectivity index (χ0v) is 16.0. The van der Waals surface area contributed by atoms with Crippen LogP contribution in [0.15, 0.2) is 24.3 Å². The van der Waals surface area contributed by atoms with Gasteiger partial charge in [0.25, 0.3) is 5.91 Å². The second-order valence-corrected chi connectivity index (χ2v) is 7.15. The highest BCUT2D eigenvalue weighted by Crippen LogP contribution is 2.24. The van der Waals surface area contributed by atoms with Crippen molar-refractivity contribution in [1.29, 1.82) is 0 Å². The van der Waals surface area contributed by atoms with Crippen molar-refractivity contribution in [3.63, 3.8) is 0 Å². The third-order valence-electron chi connectivity index (χ3n) is 4.76. The molecule has 1 aliphatic heterocycles. The fraction of sp³-hybridized carbons (Fsp3) is 0.550. The Hall–Kier alpha value is -2.37. The molecule has 0 saturated carbocycles. The van der Waals surface area contributed by atoms with Gasteiger partial charge in [0.1, 0.15) is 11.6 Å². The van der Waals surface area contributed by atoms with E-state index in [0.29, 0.717) is 5.92 Å². The molecule has 0 bridgehead atoms. The van der Waals surface area contributed by atoms with Gasteiger partial charge in [0.15, 0.2) is 11.9 Å². The summed E-state index contributed by atoms with van der Waals surface area (Å²) in [5, 5.41) is 7.57. The standard InChI is InChI=1S/C20H28N4O2/c1-5-18-22-19-17(10-7-11-24(19)23-18)21-20(25)14(4)26-16-9-6-8-15(12-16)13(2)3/h6,8-9,12-14,17H,5,7,10-11H2,1-4H3,(H,21,25)/t14-,17+/m0/s1. The van der Waals surface area contributed by atoms with Crippen molar-refractivity contribution >= 4 is 5.91 Å². The number of fused-ring (bicyclic) bond motifs is 1. The number of carbonyl (C=O) groups is 1. The molecule has 2 aromatic rings. The molecule has 0 aliphatic carbocycles. The maximum Gasteiger partial charge on any atom is 0.261 e. The van der Waals surface area contributed by atoms with Crippen LogP contribution in [0.25, 0.3) is 0 Å². The molecule has 0 unspecified atom stereocenters. The van der Waals surface area contributed by atoms with Gasteiger partial charge in [-0.15, -0.1) is 0 Å². The fourth-order valence-corrected chi connectivity index (χ4v) is 3.18. The SMILES string of the molecule is CCc1nc2n(n1)CCC[C@H]2NC(=O)[C@H](C)Oc1cccc(C(C)C)c1. The molecular weight excluding hydrogens is 328 g/mol. The van der Waals surface area contributed by atoms with Crippen molar-refractivity contribution in [3.05, 3.63) is 41.5 Å². The normalized spacial score (nSPS) is 17.7. The Bertz CT molecular complexity index is 769. The van der Waals surface area contributed by atoms with Crippen LogP contribution in [0.5, 0.6) is 5.75 Å². The van der Waals surface area contributed by atoms with Gasteiger partial charge in [0.2, 0.25) is 0 Å². The van der Waals surface area contributed by atoms with Gasteiger partial charge in [-0.25, -0.2) is 9.67 Å². The summed E-state index contributed by atoms with van der Waals surface area (Å²) in [6.07, 6.45) is 2.09. The van der Waals surface area contributed by atoms with Gasteiger partial charge in [-0.3, -0.25) is 4.79 Å². The van der Waals surface area contributed by atoms with Crippen molar-refractivity contribution in [1.82, 2.24) is 20.1 Å². The summed E-state index contributed by atoms with van der Waals surface area (Å²) in [5.41, 5.74) is 1.20. The molecule has 0 radical (unpaired) electrons. The molecule has 0 fully saturated rings. The zero-order chi connectivity index (χ0) is 18.7. The Morgan fingerprint density at radius 2 is 2.19 bits per heavy atom. The minimum Gasteiger partial charge on any atom is -0.481 e. The number of benzene rings is 1. The topological polar surface area (TPSA) is 69.0 Å². The Balaban J connectivity index is 1.65. The Morgan fingerprint density at radius 3 is 2.92 bits per heavy atom. The van der Waals surface area contributed by atoms with E-state index in [1.54, 1.807) is 6.92 Å². The minimum absolute atomic E-state index is 0.0999. The lowest BCUT2D eigenvalue weighted by atomic mass is 10.0. The van der Waals surface area contributed by atoms with E-state index >= 15 is 0 Å². The van der Waals surface area contributed by atoms with E-state index in [0.717, 1.165) is 43.2 Å². The Kier molecular flexibility index (Phi) is 5.59. The van der Waals surface area contributed by atoms with Crippen molar-refractivity contribution in [3.8, 4) is 5.75 Å². The second kappa shape index (κ2) is 7.89. The molecule has 6 nitrogen and oxygen atoms in total. The van der Waals surface area contributed by atoms with Crippen LogP contribution < -0.4 is 10.1 Å². The van der Waals surface area contributed by atoms with E-state index in [1.165, 1.54) is 5.56 Å². The molecule has 2 atom stereocenters. The number of ether oxygens (including phenoxy) is 1. The molecule has 1 N–H and O–H groups in total. The van der Waals surface area contributed by atoms with Crippen LogP contribution in [0.1, 0.15) is 69.7 Å². The van der Waals surface area contributed by atoms with E-state index in [2.05, 4.69) is 35.3 Å². The van der Waals surface area contributed by atoms with Gasteiger partial charge >= 0.3 is 0 Å². The molecule has 1 aromatic carbocycles. The Labute approximate surface area is 155 Å². The first kappa shape index (κ1) is 18.4. The number of amides is 1. The summed E-state index contributed by atoms with van der Waals surface area (Å²) in [6, 6.07) is 7.82. The highest BCUT2D eigenvalue weighted by molar-refractivity contribution is 5.81. The number of rotatable bonds is 6. The number of aromatic nitrogens is 3. The summed E-state index contributed by atoms with van der Waals surface area (Å²) in [5.74, 6) is 2.70. The number of nitrogens with zero attached hydrogens (tertiary/aromatic N) is 3. The van der Waals surface area contributed by atoms with Crippen molar-refractivity contribution < 1.29 is 9.53 Å². The molecule has 0 saturated heterocycles. The fourth-order valence-electron chi connectivity index (χ4n) is 3.18. The number of hydrogen-bond acceptors (Lipinski definition) is 4. The third-order valence-corrected chi connectivity index (χ3v) is 4.76. The van der Waals surface area contributed by atoms with Gasteiger partial charge in [-0.05, 0) is 43.4 Å². The van der Waals surface area contributed by atoms with Gasteiger partial charge < -0.3 is 10.1 Å². The summed E-state index contributed by atoms with van der Waals surface area (Å²) < 4.78 is 7.79. The van der Waals surface area contributed by atoms with Crippen LogP contribution in [0.3, 0.4) is 0 Å². The van der Waals surface area contributed by atoms with Crippen LogP contribution in [-0.2, 0) is 17.8 Å². The van der Waals surface area contributed by atoms with Gasteiger partial charge in [-0.2, -0.15) is 5.10 Å². The molecular formula is C20H28N4O2. The summed E-state index contributed by atoms with van der Waals surface area (Å²) >= 11 is 0. The third kappa shape index (κ3) is 4.06. The first-order valence-electron chi connectivity index (χ1n) is 9.48. The molecule has 1 amide bonds. The molecule has 1 aliphatic rings. The molecule has 1 aromatic heterocycles. The quantitative estimate of drug-likeness (QED) is 0.861. The van der Waals surface area contributed by atoms with Crippen LogP contribution in [0.2, 0.25) is 0 Å². The predicted octanol–water partition coefficient (Wildman–Crippen LogP) is 3.38. The van der Waals surface area contributed by atoms with E-state index in [4.69, 9.17) is 4.74 Å². The number of nitrogens with one attached hydrogen (secondary N) is 1. The zero-order valence-electron chi connectivity index (χ0n) is 16.0. The molecule has 140 valence electrons. The van der Waals surface area contributed by atoms with Crippen molar-refractivity contribution in [2.24, 2.45) is 0 Å². The lowest BCUT2D eigenvalue weighted by Gasteiger charge is -2.25. The Morgan fingerprint density at radius 1 is 1.38 bits per heavy atom. The van der Waals surface area contributed by atoms with Crippen LogP contribution in [-0.4, -0.2) is 26.8 Å². The van der Waals surface area contributed by atoms with Gasteiger partial charge in [0.05, 0.1) is 6.04 Å². The smallest absolute Gasteiger partial charge is 0.261 e. The molecule has 6 heteroatoms. The number of carbonyl (C=O) groups excluding carboxylic acids is 1. The summed E-state index contributed by atoms with van der Waals surface area (Å²) in [6.45, 7) is 8.96. The van der Waals surface area contributed by atoms with Crippen molar-refractivity contribution in [2.75, 3.05) is 0 Å².